The molecule has 3 heterocycles. The second-order valence-corrected chi connectivity index (χ2v) is 8.60. The molecule has 6 nitrogen and oxygen atoms in total. The summed E-state index contributed by atoms with van der Waals surface area (Å²) >= 11 is 3.19. The number of H-pyrrole nitrogens is 1. The number of thioether (sulfide) groups is 1. The van der Waals surface area contributed by atoms with Crippen LogP contribution in [0.3, 0.4) is 0 Å². The monoisotopic (exact) mass is 414 g/mol. The van der Waals surface area contributed by atoms with Crippen molar-refractivity contribution < 1.29 is 4.79 Å². The number of halogens is 1. The summed E-state index contributed by atoms with van der Waals surface area (Å²) in [6, 6.07) is 0. The van der Waals surface area contributed by atoms with Crippen molar-refractivity contribution in [2.45, 2.75) is 31.4 Å². The lowest BCUT2D eigenvalue weighted by Gasteiger charge is -2.27. The highest BCUT2D eigenvalue weighted by Crippen LogP contribution is 2.33. The van der Waals surface area contributed by atoms with Crippen LogP contribution in [0.15, 0.2) is 4.79 Å². The molecule has 142 valence electrons. The zero-order valence-electron chi connectivity index (χ0n) is 14.5. The highest BCUT2D eigenvalue weighted by atomic mass is 35.5. The van der Waals surface area contributed by atoms with Gasteiger partial charge in [0, 0.05) is 31.1 Å². The van der Waals surface area contributed by atoms with E-state index in [0.717, 1.165) is 55.7 Å². The molecule has 4 rings (SSSR count). The highest BCUT2D eigenvalue weighted by Gasteiger charge is 2.20. The first-order valence-corrected chi connectivity index (χ1v) is 10.8. The fourth-order valence-electron chi connectivity index (χ4n) is 3.52. The molecule has 2 aromatic rings. The lowest BCUT2D eigenvalue weighted by Crippen LogP contribution is -2.47. The van der Waals surface area contributed by atoms with Crippen LogP contribution in [0.1, 0.15) is 29.1 Å². The molecule has 1 saturated heterocycles. The van der Waals surface area contributed by atoms with Gasteiger partial charge in [0.2, 0.25) is 5.91 Å². The van der Waals surface area contributed by atoms with Crippen molar-refractivity contribution in [2.75, 3.05) is 31.9 Å². The number of hydrogen-bond donors (Lipinski definition) is 2. The van der Waals surface area contributed by atoms with Gasteiger partial charge in [-0.25, -0.2) is 4.98 Å². The van der Waals surface area contributed by atoms with Crippen molar-refractivity contribution in [3.8, 4) is 0 Å². The molecule has 1 aliphatic heterocycles. The zero-order chi connectivity index (χ0) is 17.2. The summed E-state index contributed by atoms with van der Waals surface area (Å²) in [7, 11) is 0. The lowest BCUT2D eigenvalue weighted by atomic mass is 9.97. The average Bonchev–Trinajstić information content (AvgIpc) is 3.01. The van der Waals surface area contributed by atoms with E-state index in [1.807, 2.05) is 4.90 Å². The third-order valence-corrected chi connectivity index (χ3v) is 6.92. The maximum Gasteiger partial charge on any atom is 0.259 e. The Morgan fingerprint density at radius 1 is 1.23 bits per heavy atom. The van der Waals surface area contributed by atoms with Gasteiger partial charge in [0.25, 0.3) is 5.56 Å². The number of piperazine rings is 1. The summed E-state index contributed by atoms with van der Waals surface area (Å²) in [5.74, 6) is 1.84. The molecule has 0 spiro atoms. The largest absolute Gasteiger partial charge is 0.339 e. The number of carbonyl (C=O) groups is 1. The molecule has 0 saturated carbocycles. The Morgan fingerprint density at radius 2 is 2.00 bits per heavy atom. The number of nitrogens with one attached hydrogen (secondary N) is 2. The molecule has 0 atom stereocenters. The standard InChI is InChI=1S/C17H22N4O2S2.ClH/c22-14(21-7-5-18-6-8-21)10-24-9-13-19-16(23)15-11-3-1-2-4-12(11)25-17(15)20-13;/h18H,1-10H2,(H,19,20,23);1H. The third kappa shape index (κ3) is 4.08. The molecule has 0 unspecified atom stereocenters. The number of carbonyl (C=O) groups excluding carboxylic acids is 1. The Kier molecular flexibility index (Phi) is 6.60. The molecule has 1 aliphatic carbocycles. The van der Waals surface area contributed by atoms with E-state index in [9.17, 15) is 9.59 Å². The molecule has 9 heteroatoms. The molecule has 1 fully saturated rings. The van der Waals surface area contributed by atoms with E-state index in [-0.39, 0.29) is 23.9 Å². The van der Waals surface area contributed by atoms with Crippen LogP contribution in [0.5, 0.6) is 0 Å². The third-order valence-electron chi connectivity index (χ3n) is 4.81. The second kappa shape index (κ2) is 8.73. The van der Waals surface area contributed by atoms with Gasteiger partial charge in [0.15, 0.2) is 0 Å². The molecule has 2 N–H and O–H groups in total. The molecule has 0 radical (unpaired) electrons. The van der Waals surface area contributed by atoms with E-state index < -0.39 is 0 Å². The number of aryl methyl sites for hydroxylation is 2. The minimum Gasteiger partial charge on any atom is -0.339 e. The van der Waals surface area contributed by atoms with Crippen LogP contribution in [0, 0.1) is 0 Å². The highest BCUT2D eigenvalue weighted by molar-refractivity contribution is 7.99. The van der Waals surface area contributed by atoms with Gasteiger partial charge >= 0.3 is 0 Å². The Hall–Kier alpha value is -1.09. The van der Waals surface area contributed by atoms with Crippen molar-refractivity contribution in [3.63, 3.8) is 0 Å². The number of fused-ring (bicyclic) bond motifs is 3. The minimum absolute atomic E-state index is 0. The number of nitrogens with zero attached hydrogens (tertiary/aromatic N) is 2. The molecular formula is C17H23ClN4O2S2. The summed E-state index contributed by atoms with van der Waals surface area (Å²) in [4.78, 5) is 36.4. The summed E-state index contributed by atoms with van der Waals surface area (Å²) in [5, 5.41) is 4.04. The summed E-state index contributed by atoms with van der Waals surface area (Å²) in [5.41, 5.74) is 1.20. The fourth-order valence-corrected chi connectivity index (χ4v) is 5.59. The van der Waals surface area contributed by atoms with E-state index in [0.29, 0.717) is 17.3 Å². The summed E-state index contributed by atoms with van der Waals surface area (Å²) in [6.07, 6.45) is 4.42. The van der Waals surface area contributed by atoms with Gasteiger partial charge in [-0.2, -0.15) is 0 Å². The smallest absolute Gasteiger partial charge is 0.259 e. The average molecular weight is 415 g/mol. The second-order valence-electron chi connectivity index (χ2n) is 6.53. The molecule has 0 aromatic carbocycles. The van der Waals surface area contributed by atoms with E-state index in [1.54, 1.807) is 11.3 Å². The van der Waals surface area contributed by atoms with Crippen LogP contribution in [-0.2, 0) is 23.4 Å². The Bertz CT molecular complexity index is 845. The molecule has 2 aromatic heterocycles. The maximum atomic E-state index is 12.5. The van der Waals surface area contributed by atoms with Gasteiger partial charge in [0.05, 0.1) is 16.9 Å². The lowest BCUT2D eigenvalue weighted by molar-refractivity contribution is -0.128. The number of hydrogen-bond acceptors (Lipinski definition) is 6. The van der Waals surface area contributed by atoms with Gasteiger partial charge < -0.3 is 15.2 Å². The maximum absolute atomic E-state index is 12.5. The van der Waals surface area contributed by atoms with Crippen LogP contribution in [0.2, 0.25) is 0 Å². The van der Waals surface area contributed by atoms with E-state index in [4.69, 9.17) is 0 Å². The Morgan fingerprint density at radius 3 is 2.81 bits per heavy atom. The normalized spacial score (nSPS) is 17.0. The predicted molar refractivity (Wildman–Crippen MR) is 110 cm³/mol. The van der Waals surface area contributed by atoms with Gasteiger partial charge in [0.1, 0.15) is 10.7 Å². The Labute approximate surface area is 166 Å². The van der Waals surface area contributed by atoms with Crippen molar-refractivity contribution in [2.24, 2.45) is 0 Å². The van der Waals surface area contributed by atoms with E-state index in [1.165, 1.54) is 28.6 Å². The minimum atomic E-state index is -0.0200. The van der Waals surface area contributed by atoms with Crippen LogP contribution >= 0.6 is 35.5 Å². The summed E-state index contributed by atoms with van der Waals surface area (Å²) < 4.78 is 0. The number of amides is 1. The SMILES string of the molecule is Cl.O=C(CSCc1nc2sc3c(c2c(=O)[nH]1)CCCC3)N1CCNCC1. The molecular weight excluding hydrogens is 392 g/mol. The zero-order valence-corrected chi connectivity index (χ0v) is 17.0. The molecule has 2 aliphatic rings. The topological polar surface area (TPSA) is 78.1 Å². The van der Waals surface area contributed by atoms with Crippen LogP contribution in [0.4, 0.5) is 0 Å². The van der Waals surface area contributed by atoms with E-state index in [2.05, 4.69) is 15.3 Å². The first kappa shape index (κ1) is 19.7. The van der Waals surface area contributed by atoms with Crippen LogP contribution in [-0.4, -0.2) is 52.7 Å². The van der Waals surface area contributed by atoms with Gasteiger partial charge in [-0.05, 0) is 31.2 Å². The van der Waals surface area contributed by atoms with Gasteiger partial charge in [-0.15, -0.1) is 35.5 Å². The van der Waals surface area contributed by atoms with Crippen molar-refractivity contribution in [1.29, 1.82) is 0 Å². The van der Waals surface area contributed by atoms with Crippen molar-refractivity contribution in [3.05, 3.63) is 26.6 Å². The van der Waals surface area contributed by atoms with Crippen LogP contribution in [0.25, 0.3) is 10.2 Å². The predicted octanol–water partition coefficient (Wildman–Crippen LogP) is 1.95. The fraction of sp³-hybridized carbons (Fsp3) is 0.588. The van der Waals surface area contributed by atoms with Gasteiger partial charge in [-0.3, -0.25) is 9.59 Å². The first-order valence-electron chi connectivity index (χ1n) is 8.82. The first-order chi connectivity index (χ1) is 12.2. The molecule has 26 heavy (non-hydrogen) atoms. The van der Waals surface area contributed by atoms with Crippen LogP contribution < -0.4 is 10.9 Å². The Balaban J connectivity index is 0.00000196. The number of aromatic nitrogens is 2. The number of rotatable bonds is 4. The molecule has 0 bridgehead atoms. The van der Waals surface area contributed by atoms with Gasteiger partial charge in [-0.1, -0.05) is 0 Å². The van der Waals surface area contributed by atoms with E-state index >= 15 is 0 Å². The number of aromatic amines is 1. The number of thiophene rings is 1. The quantitative estimate of drug-likeness (QED) is 0.799. The van der Waals surface area contributed by atoms with Crippen molar-refractivity contribution >= 4 is 51.6 Å². The summed E-state index contributed by atoms with van der Waals surface area (Å²) in [6.45, 7) is 3.29. The molecule has 1 amide bonds. The van der Waals surface area contributed by atoms with Crippen molar-refractivity contribution in [1.82, 2.24) is 20.2 Å².